The van der Waals surface area contributed by atoms with Gasteiger partial charge in [-0.2, -0.15) is 23.3 Å². The van der Waals surface area contributed by atoms with Crippen LogP contribution in [0.25, 0.3) is 22.3 Å². The molecule has 5 nitrogen and oxygen atoms in total. The fourth-order valence-electron chi connectivity index (χ4n) is 2.13. The number of halogens is 3. The molecule has 2 heterocycles. The second-order valence-corrected chi connectivity index (χ2v) is 4.49. The monoisotopic (exact) mass is 294 g/mol. The summed E-state index contributed by atoms with van der Waals surface area (Å²) in [5.41, 5.74) is -0.504. The van der Waals surface area contributed by atoms with Crippen LogP contribution in [0.1, 0.15) is 5.56 Å². The van der Waals surface area contributed by atoms with Crippen molar-refractivity contribution >= 4 is 10.9 Å². The molecule has 0 radical (unpaired) electrons. The summed E-state index contributed by atoms with van der Waals surface area (Å²) in [7, 11) is 1.62. The van der Waals surface area contributed by atoms with Crippen LogP contribution in [-0.2, 0) is 13.2 Å². The number of alkyl halides is 3. The summed E-state index contributed by atoms with van der Waals surface area (Å²) >= 11 is 0. The summed E-state index contributed by atoms with van der Waals surface area (Å²) < 4.78 is 40.0. The first kappa shape index (κ1) is 13.3. The Morgan fingerprint density at radius 1 is 1.24 bits per heavy atom. The molecule has 0 bridgehead atoms. The van der Waals surface area contributed by atoms with Crippen LogP contribution in [0.5, 0.6) is 0 Å². The highest BCUT2D eigenvalue weighted by molar-refractivity contribution is 5.91. The van der Waals surface area contributed by atoms with E-state index in [0.29, 0.717) is 11.2 Å². The van der Waals surface area contributed by atoms with Crippen molar-refractivity contribution in [2.45, 2.75) is 6.18 Å². The Labute approximate surface area is 116 Å². The van der Waals surface area contributed by atoms with Crippen LogP contribution in [0.4, 0.5) is 13.2 Å². The van der Waals surface area contributed by atoms with Gasteiger partial charge in [-0.25, -0.2) is 4.79 Å². The van der Waals surface area contributed by atoms with Crippen molar-refractivity contribution in [1.82, 2.24) is 19.7 Å². The van der Waals surface area contributed by atoms with E-state index in [2.05, 4.69) is 15.1 Å². The number of benzene rings is 1. The molecule has 0 aliphatic heterocycles. The maximum Gasteiger partial charge on any atom is 0.416 e. The van der Waals surface area contributed by atoms with E-state index in [4.69, 9.17) is 0 Å². The lowest BCUT2D eigenvalue weighted by atomic mass is 10.1. The first-order valence-electron chi connectivity index (χ1n) is 5.96. The Bertz CT molecular complexity index is 879. The molecule has 21 heavy (non-hydrogen) atoms. The minimum atomic E-state index is -4.46. The summed E-state index contributed by atoms with van der Waals surface area (Å²) in [6.07, 6.45) is -2.98. The molecule has 108 valence electrons. The maximum absolute atomic E-state index is 12.8. The lowest BCUT2D eigenvalue weighted by Crippen LogP contribution is -2.13. The molecule has 0 saturated heterocycles. The number of nitrogens with one attached hydrogen (secondary N) is 1. The van der Waals surface area contributed by atoms with Gasteiger partial charge in [-0.1, -0.05) is 0 Å². The predicted molar refractivity (Wildman–Crippen MR) is 69.6 cm³/mol. The number of hydrogen-bond donors (Lipinski definition) is 1. The zero-order valence-corrected chi connectivity index (χ0v) is 10.8. The van der Waals surface area contributed by atoms with E-state index < -0.39 is 17.4 Å². The lowest BCUT2D eigenvalue weighted by Gasteiger charge is -2.10. The van der Waals surface area contributed by atoms with Gasteiger partial charge in [0.25, 0.3) is 0 Å². The highest BCUT2D eigenvalue weighted by Gasteiger charge is 2.31. The minimum Gasteiger partial charge on any atom is -0.305 e. The summed E-state index contributed by atoms with van der Waals surface area (Å²) in [5.74, 6) is 0. The molecule has 3 aromatic rings. The highest BCUT2D eigenvalue weighted by atomic mass is 19.4. The Balaban J connectivity index is 2.37. The first-order valence-corrected chi connectivity index (χ1v) is 5.96. The smallest absolute Gasteiger partial charge is 0.305 e. The Morgan fingerprint density at radius 2 is 2.00 bits per heavy atom. The lowest BCUT2D eigenvalue weighted by molar-refractivity contribution is -0.137. The van der Waals surface area contributed by atoms with Crippen LogP contribution in [0, 0.1) is 0 Å². The van der Waals surface area contributed by atoms with E-state index >= 15 is 0 Å². The number of nitrogens with zero attached hydrogens (tertiary/aromatic N) is 3. The molecule has 0 spiro atoms. The molecule has 0 amide bonds. The molecule has 8 heteroatoms. The van der Waals surface area contributed by atoms with Crippen LogP contribution in [0.3, 0.4) is 0 Å². The molecule has 0 aliphatic rings. The Hall–Kier alpha value is -2.64. The molecule has 0 saturated carbocycles. The number of aromatic amines is 1. The third kappa shape index (κ3) is 2.28. The number of rotatable bonds is 1. The summed E-state index contributed by atoms with van der Waals surface area (Å²) in [6.45, 7) is 0. The molecule has 1 N–H and O–H groups in total. The zero-order chi connectivity index (χ0) is 15.2. The van der Waals surface area contributed by atoms with E-state index in [-0.39, 0.29) is 11.1 Å². The number of fused-ring (bicyclic) bond motifs is 1. The second kappa shape index (κ2) is 4.44. The molecule has 0 fully saturated rings. The Kier molecular flexibility index (Phi) is 2.82. The SMILES string of the molecule is Cn1nccc1-c1nc(=O)[nH]c2ccc(C(F)(F)F)cc12. The van der Waals surface area contributed by atoms with Crippen LogP contribution < -0.4 is 5.69 Å². The topological polar surface area (TPSA) is 63.6 Å². The quantitative estimate of drug-likeness (QED) is 0.749. The van der Waals surface area contributed by atoms with Crippen molar-refractivity contribution in [1.29, 1.82) is 0 Å². The van der Waals surface area contributed by atoms with Gasteiger partial charge in [0.1, 0.15) is 5.69 Å². The number of aromatic nitrogens is 4. The van der Waals surface area contributed by atoms with Gasteiger partial charge >= 0.3 is 11.9 Å². The normalized spacial score (nSPS) is 12.0. The average molecular weight is 294 g/mol. The molecular weight excluding hydrogens is 285 g/mol. The standard InChI is InChI=1S/C13H9F3N4O/c1-20-10(4-5-17-20)11-8-6-7(13(14,15)16)2-3-9(8)18-12(21)19-11/h2-6H,1H3,(H,18,19,21). The number of H-pyrrole nitrogens is 1. The summed E-state index contributed by atoms with van der Waals surface area (Å²) in [5, 5.41) is 4.16. The van der Waals surface area contributed by atoms with Gasteiger partial charge in [0, 0.05) is 18.6 Å². The van der Waals surface area contributed by atoms with Gasteiger partial charge in [0.2, 0.25) is 0 Å². The van der Waals surface area contributed by atoms with Gasteiger partial charge < -0.3 is 4.98 Å². The van der Waals surface area contributed by atoms with E-state index in [1.165, 1.54) is 16.9 Å². The van der Waals surface area contributed by atoms with Gasteiger partial charge in [-0.05, 0) is 24.3 Å². The zero-order valence-electron chi connectivity index (χ0n) is 10.8. The van der Waals surface area contributed by atoms with Crippen molar-refractivity contribution in [3.8, 4) is 11.4 Å². The van der Waals surface area contributed by atoms with Gasteiger partial charge in [0.05, 0.1) is 16.8 Å². The molecular formula is C13H9F3N4O. The fraction of sp³-hybridized carbons (Fsp3) is 0.154. The van der Waals surface area contributed by atoms with Crippen molar-refractivity contribution in [2.24, 2.45) is 7.05 Å². The number of aryl methyl sites for hydroxylation is 1. The van der Waals surface area contributed by atoms with Gasteiger partial charge in [-0.15, -0.1) is 0 Å². The van der Waals surface area contributed by atoms with Crippen molar-refractivity contribution < 1.29 is 13.2 Å². The second-order valence-electron chi connectivity index (χ2n) is 4.49. The van der Waals surface area contributed by atoms with Crippen LogP contribution in [0.2, 0.25) is 0 Å². The molecule has 2 aromatic heterocycles. The van der Waals surface area contributed by atoms with E-state index in [0.717, 1.165) is 12.1 Å². The summed E-state index contributed by atoms with van der Waals surface area (Å²) in [4.78, 5) is 17.8. The Morgan fingerprint density at radius 3 is 2.62 bits per heavy atom. The molecule has 0 aliphatic carbocycles. The van der Waals surface area contributed by atoms with Crippen molar-refractivity contribution in [3.05, 3.63) is 46.5 Å². The minimum absolute atomic E-state index is 0.167. The third-order valence-corrected chi connectivity index (χ3v) is 3.12. The molecule has 3 rings (SSSR count). The molecule has 1 aromatic carbocycles. The average Bonchev–Trinajstić information content (AvgIpc) is 2.82. The largest absolute Gasteiger partial charge is 0.416 e. The van der Waals surface area contributed by atoms with Gasteiger partial charge in [-0.3, -0.25) is 4.68 Å². The van der Waals surface area contributed by atoms with Crippen molar-refractivity contribution in [2.75, 3.05) is 0 Å². The molecule has 0 atom stereocenters. The maximum atomic E-state index is 12.8. The van der Waals surface area contributed by atoms with Crippen LogP contribution >= 0.6 is 0 Å². The van der Waals surface area contributed by atoms with E-state index in [9.17, 15) is 18.0 Å². The van der Waals surface area contributed by atoms with Crippen LogP contribution in [0.15, 0.2) is 35.3 Å². The first-order chi connectivity index (χ1) is 9.86. The molecule has 0 unspecified atom stereocenters. The van der Waals surface area contributed by atoms with E-state index in [1.807, 2.05) is 0 Å². The van der Waals surface area contributed by atoms with E-state index in [1.54, 1.807) is 13.1 Å². The number of hydrogen-bond acceptors (Lipinski definition) is 3. The predicted octanol–water partition coefficient (Wildman–Crippen LogP) is 2.34. The van der Waals surface area contributed by atoms with Crippen molar-refractivity contribution in [3.63, 3.8) is 0 Å². The highest BCUT2D eigenvalue weighted by Crippen LogP contribution is 2.33. The van der Waals surface area contributed by atoms with Gasteiger partial charge in [0.15, 0.2) is 0 Å². The fourth-order valence-corrected chi connectivity index (χ4v) is 2.13. The third-order valence-electron chi connectivity index (χ3n) is 3.12. The summed E-state index contributed by atoms with van der Waals surface area (Å²) in [6, 6.07) is 4.70. The van der Waals surface area contributed by atoms with Crippen LogP contribution in [-0.4, -0.2) is 19.7 Å².